The SMILES string of the molecule is CCOC(=O)N1CCC2(CO)N=C(C3(c4ccc(C(=O)OC)cc4)CC3)SC2C1. The maximum absolute atomic E-state index is 12.2. The number of rotatable bonds is 5. The van der Waals surface area contributed by atoms with Gasteiger partial charge in [-0.25, -0.2) is 9.59 Å². The van der Waals surface area contributed by atoms with Crippen molar-refractivity contribution >= 4 is 28.9 Å². The molecule has 1 saturated carbocycles. The average Bonchev–Trinajstić information content (AvgIpc) is 3.47. The Hall–Kier alpha value is -2.06. The summed E-state index contributed by atoms with van der Waals surface area (Å²) in [6, 6.07) is 7.53. The van der Waals surface area contributed by atoms with Gasteiger partial charge in [0.05, 0.1) is 36.2 Å². The van der Waals surface area contributed by atoms with Crippen molar-refractivity contribution in [2.45, 2.75) is 42.4 Å². The number of aliphatic hydroxyl groups excluding tert-OH is 1. The maximum Gasteiger partial charge on any atom is 0.409 e. The molecule has 156 valence electrons. The first-order chi connectivity index (χ1) is 14.0. The number of carbonyl (C=O) groups excluding carboxylic acids is 2. The van der Waals surface area contributed by atoms with Gasteiger partial charge >= 0.3 is 12.1 Å². The molecule has 0 spiro atoms. The zero-order chi connectivity index (χ0) is 20.6. The number of amides is 1. The molecule has 1 aromatic carbocycles. The highest BCUT2D eigenvalue weighted by molar-refractivity contribution is 8.15. The van der Waals surface area contributed by atoms with E-state index in [1.54, 1.807) is 35.7 Å². The van der Waals surface area contributed by atoms with Crippen LogP contribution >= 0.6 is 11.8 Å². The lowest BCUT2D eigenvalue weighted by molar-refractivity contribution is 0.0600. The van der Waals surface area contributed by atoms with Crippen LogP contribution in [0.5, 0.6) is 0 Å². The van der Waals surface area contributed by atoms with E-state index in [2.05, 4.69) is 0 Å². The monoisotopic (exact) mass is 418 g/mol. The number of nitrogens with zero attached hydrogens (tertiary/aromatic N) is 2. The molecular formula is C21H26N2O5S. The summed E-state index contributed by atoms with van der Waals surface area (Å²) in [5, 5.41) is 11.2. The van der Waals surface area contributed by atoms with Gasteiger partial charge in [-0.1, -0.05) is 12.1 Å². The second kappa shape index (κ2) is 7.65. The minimum Gasteiger partial charge on any atom is -0.465 e. The number of methoxy groups -OCH3 is 1. The van der Waals surface area contributed by atoms with Crippen LogP contribution in [0, 0.1) is 0 Å². The van der Waals surface area contributed by atoms with E-state index in [4.69, 9.17) is 14.5 Å². The number of fused-ring (bicyclic) bond motifs is 1. The third kappa shape index (κ3) is 3.42. The molecule has 2 heterocycles. The number of carbonyl (C=O) groups is 2. The molecule has 1 amide bonds. The molecule has 7 nitrogen and oxygen atoms in total. The topological polar surface area (TPSA) is 88.4 Å². The van der Waals surface area contributed by atoms with Crippen molar-refractivity contribution in [3.63, 3.8) is 0 Å². The fraction of sp³-hybridized carbons (Fsp3) is 0.571. The largest absolute Gasteiger partial charge is 0.465 e. The summed E-state index contributed by atoms with van der Waals surface area (Å²) < 4.78 is 9.93. The van der Waals surface area contributed by atoms with Gasteiger partial charge in [-0.15, -0.1) is 11.8 Å². The molecule has 4 rings (SSSR count). The summed E-state index contributed by atoms with van der Waals surface area (Å²) in [6.07, 6.45) is 2.31. The first kappa shape index (κ1) is 20.2. The molecule has 0 bridgehead atoms. The van der Waals surface area contributed by atoms with E-state index in [9.17, 15) is 14.7 Å². The summed E-state index contributed by atoms with van der Waals surface area (Å²) in [5.74, 6) is -0.349. The summed E-state index contributed by atoms with van der Waals surface area (Å²) >= 11 is 1.69. The van der Waals surface area contributed by atoms with Crippen molar-refractivity contribution in [3.05, 3.63) is 35.4 Å². The van der Waals surface area contributed by atoms with E-state index in [-0.39, 0.29) is 29.3 Å². The molecule has 2 aliphatic heterocycles. The van der Waals surface area contributed by atoms with E-state index >= 15 is 0 Å². The van der Waals surface area contributed by atoms with E-state index in [0.717, 1.165) is 23.4 Å². The van der Waals surface area contributed by atoms with Crippen molar-refractivity contribution in [2.24, 2.45) is 4.99 Å². The minimum atomic E-state index is -0.537. The third-order valence-corrected chi connectivity index (χ3v) is 7.77. The number of esters is 1. The number of aliphatic hydroxyl groups is 1. The van der Waals surface area contributed by atoms with Gasteiger partial charge in [0, 0.05) is 18.5 Å². The third-order valence-electron chi connectivity index (χ3n) is 6.20. The Kier molecular flexibility index (Phi) is 5.33. The zero-order valence-electron chi connectivity index (χ0n) is 16.7. The summed E-state index contributed by atoms with van der Waals surface area (Å²) in [7, 11) is 1.37. The molecule has 0 aromatic heterocycles. The van der Waals surface area contributed by atoms with Crippen LogP contribution in [0.25, 0.3) is 0 Å². The summed E-state index contributed by atoms with van der Waals surface area (Å²) in [6.45, 7) is 3.18. The first-order valence-electron chi connectivity index (χ1n) is 9.96. The fourth-order valence-electron chi connectivity index (χ4n) is 4.20. The van der Waals surface area contributed by atoms with Crippen LogP contribution in [0.1, 0.15) is 42.1 Å². The number of hydrogen-bond acceptors (Lipinski definition) is 7. The smallest absolute Gasteiger partial charge is 0.409 e. The Morgan fingerprint density at radius 3 is 2.59 bits per heavy atom. The van der Waals surface area contributed by atoms with Crippen LogP contribution in [0.3, 0.4) is 0 Å². The van der Waals surface area contributed by atoms with E-state index in [1.807, 2.05) is 12.1 Å². The van der Waals surface area contributed by atoms with Gasteiger partial charge in [-0.2, -0.15) is 0 Å². The molecular weight excluding hydrogens is 392 g/mol. The lowest BCUT2D eigenvalue weighted by Crippen LogP contribution is -2.54. The summed E-state index contributed by atoms with van der Waals surface area (Å²) in [5.41, 5.74) is 0.974. The number of benzene rings is 1. The molecule has 0 radical (unpaired) electrons. The Balaban J connectivity index is 1.55. The number of likely N-dealkylation sites (tertiary alicyclic amines) is 1. The molecule has 2 atom stereocenters. The molecule has 1 N–H and O–H groups in total. The van der Waals surface area contributed by atoms with Crippen LogP contribution in [0.4, 0.5) is 4.79 Å². The van der Waals surface area contributed by atoms with Gasteiger partial charge in [-0.3, -0.25) is 4.99 Å². The number of piperidine rings is 1. The Labute approximate surface area is 174 Å². The van der Waals surface area contributed by atoms with E-state index in [1.165, 1.54) is 7.11 Å². The second-order valence-corrected chi connectivity index (χ2v) is 9.02. The number of thioether (sulfide) groups is 1. The number of hydrogen-bond donors (Lipinski definition) is 1. The molecule has 8 heteroatoms. The minimum absolute atomic E-state index is 0.0208. The average molecular weight is 419 g/mol. The summed E-state index contributed by atoms with van der Waals surface area (Å²) in [4.78, 5) is 30.6. The van der Waals surface area contributed by atoms with Crippen molar-refractivity contribution in [2.75, 3.05) is 33.4 Å². The van der Waals surface area contributed by atoms with Crippen molar-refractivity contribution in [1.82, 2.24) is 4.90 Å². The predicted molar refractivity (Wildman–Crippen MR) is 111 cm³/mol. The predicted octanol–water partition coefficient (Wildman–Crippen LogP) is 2.61. The highest BCUT2D eigenvalue weighted by Crippen LogP contribution is 2.57. The Morgan fingerprint density at radius 2 is 2.00 bits per heavy atom. The van der Waals surface area contributed by atoms with Crippen LogP contribution in [-0.2, 0) is 14.9 Å². The highest BCUT2D eigenvalue weighted by Gasteiger charge is 2.57. The highest BCUT2D eigenvalue weighted by atomic mass is 32.2. The quantitative estimate of drug-likeness (QED) is 0.740. The normalized spacial score (nSPS) is 27.1. The maximum atomic E-state index is 12.2. The van der Waals surface area contributed by atoms with Gasteiger partial charge in [0.2, 0.25) is 0 Å². The molecule has 29 heavy (non-hydrogen) atoms. The molecule has 1 aromatic rings. The van der Waals surface area contributed by atoms with Crippen molar-refractivity contribution < 1.29 is 24.2 Å². The van der Waals surface area contributed by atoms with Crippen molar-refractivity contribution in [1.29, 1.82) is 0 Å². The van der Waals surface area contributed by atoms with Crippen molar-refractivity contribution in [3.8, 4) is 0 Å². The number of ether oxygens (including phenoxy) is 2. The molecule has 3 aliphatic rings. The van der Waals surface area contributed by atoms with Crippen LogP contribution in [0.15, 0.2) is 29.3 Å². The molecule has 2 fully saturated rings. The lowest BCUT2D eigenvalue weighted by Gasteiger charge is -2.40. The molecule has 2 unspecified atom stereocenters. The van der Waals surface area contributed by atoms with Crippen LogP contribution in [-0.4, -0.2) is 71.3 Å². The van der Waals surface area contributed by atoms with Gasteiger partial charge in [0.25, 0.3) is 0 Å². The Morgan fingerprint density at radius 1 is 1.28 bits per heavy atom. The van der Waals surface area contributed by atoms with Crippen LogP contribution < -0.4 is 0 Å². The molecule has 1 saturated heterocycles. The molecule has 1 aliphatic carbocycles. The standard InChI is InChI=1S/C21H26N2O5S/c1-3-28-19(26)23-11-10-21(13-24)16(12-23)29-18(22-21)20(8-9-20)15-6-4-14(5-7-15)17(25)27-2/h4-7,16,24H,3,8-13H2,1-2H3. The lowest BCUT2D eigenvalue weighted by atomic mass is 9.88. The van der Waals surface area contributed by atoms with Gasteiger partial charge in [0.15, 0.2) is 0 Å². The van der Waals surface area contributed by atoms with E-state index < -0.39 is 5.54 Å². The number of aliphatic imine (C=N–C) groups is 1. The van der Waals surface area contributed by atoms with Gasteiger partial charge < -0.3 is 19.5 Å². The van der Waals surface area contributed by atoms with Crippen LogP contribution in [0.2, 0.25) is 0 Å². The second-order valence-electron chi connectivity index (χ2n) is 7.83. The Bertz CT molecular complexity index is 836. The van der Waals surface area contributed by atoms with E-state index in [0.29, 0.717) is 31.7 Å². The zero-order valence-corrected chi connectivity index (χ0v) is 17.5. The van der Waals surface area contributed by atoms with Gasteiger partial charge in [0.1, 0.15) is 5.54 Å². The van der Waals surface area contributed by atoms with Gasteiger partial charge in [-0.05, 0) is 43.9 Å². The fourth-order valence-corrected chi connectivity index (χ4v) is 5.97. The first-order valence-corrected chi connectivity index (χ1v) is 10.8.